The van der Waals surface area contributed by atoms with Crippen LogP contribution < -0.4 is 5.32 Å². The second-order valence-electron chi connectivity index (χ2n) is 4.30. The van der Waals surface area contributed by atoms with Crippen LogP contribution in [0.3, 0.4) is 0 Å². The molecule has 98 valence electrons. The summed E-state index contributed by atoms with van der Waals surface area (Å²) in [5.41, 5.74) is 2.69. The van der Waals surface area contributed by atoms with Gasteiger partial charge in [-0.1, -0.05) is 6.07 Å². The lowest BCUT2D eigenvalue weighted by Crippen LogP contribution is -2.08. The monoisotopic (exact) mass is 257 g/mol. The van der Waals surface area contributed by atoms with E-state index in [1.807, 2.05) is 19.9 Å². The van der Waals surface area contributed by atoms with Gasteiger partial charge in [-0.15, -0.1) is 0 Å². The van der Waals surface area contributed by atoms with Crippen molar-refractivity contribution in [3.63, 3.8) is 0 Å². The van der Waals surface area contributed by atoms with Gasteiger partial charge < -0.3 is 10.4 Å². The van der Waals surface area contributed by atoms with Crippen molar-refractivity contribution in [1.82, 2.24) is 9.97 Å². The number of hydrogen-bond donors (Lipinski definition) is 2. The van der Waals surface area contributed by atoms with Crippen LogP contribution in [0.2, 0.25) is 0 Å². The summed E-state index contributed by atoms with van der Waals surface area (Å²) in [5, 5.41) is 12.2. The lowest BCUT2D eigenvalue weighted by atomic mass is 10.1. The number of aryl methyl sites for hydroxylation is 2. The minimum atomic E-state index is -0.943. The zero-order valence-corrected chi connectivity index (χ0v) is 10.8. The highest BCUT2D eigenvalue weighted by Gasteiger charge is 2.09. The zero-order valence-electron chi connectivity index (χ0n) is 10.8. The van der Waals surface area contributed by atoms with E-state index in [4.69, 9.17) is 5.11 Å². The molecule has 5 heteroatoms. The lowest BCUT2D eigenvalue weighted by molar-refractivity contribution is 0.0698. The first-order valence-electron chi connectivity index (χ1n) is 5.92. The molecule has 0 saturated heterocycles. The van der Waals surface area contributed by atoms with Crippen molar-refractivity contribution in [3.05, 3.63) is 53.1 Å². The molecular formula is C14H15N3O2. The first kappa shape index (κ1) is 13.0. The fourth-order valence-corrected chi connectivity index (χ4v) is 1.78. The van der Waals surface area contributed by atoms with Crippen LogP contribution in [-0.2, 0) is 6.54 Å². The Morgan fingerprint density at radius 3 is 2.79 bits per heavy atom. The van der Waals surface area contributed by atoms with Crippen LogP contribution in [0.25, 0.3) is 0 Å². The maximum Gasteiger partial charge on any atom is 0.337 e. The van der Waals surface area contributed by atoms with E-state index >= 15 is 0 Å². The maximum absolute atomic E-state index is 11.1. The van der Waals surface area contributed by atoms with Gasteiger partial charge in [-0.25, -0.2) is 14.8 Å². The molecule has 0 bridgehead atoms. The summed E-state index contributed by atoms with van der Waals surface area (Å²) in [7, 11) is 0. The van der Waals surface area contributed by atoms with Gasteiger partial charge in [0.2, 0.25) is 0 Å². The highest BCUT2D eigenvalue weighted by Crippen LogP contribution is 2.18. The van der Waals surface area contributed by atoms with Crippen molar-refractivity contribution in [3.8, 4) is 0 Å². The third-order valence-electron chi connectivity index (χ3n) is 2.70. The summed E-state index contributed by atoms with van der Waals surface area (Å²) in [6, 6.07) is 7.00. The molecule has 0 fully saturated rings. The van der Waals surface area contributed by atoms with Gasteiger partial charge in [0.25, 0.3) is 0 Å². The predicted molar refractivity (Wildman–Crippen MR) is 72.2 cm³/mol. The Labute approximate surface area is 111 Å². The quantitative estimate of drug-likeness (QED) is 0.879. The summed E-state index contributed by atoms with van der Waals surface area (Å²) < 4.78 is 0. The Bertz CT molecular complexity index is 611. The Morgan fingerprint density at radius 1 is 1.32 bits per heavy atom. The SMILES string of the molecule is Cc1ccc(C(=O)O)c(NCc2ccnc(C)n2)c1. The van der Waals surface area contributed by atoms with Crippen molar-refractivity contribution < 1.29 is 9.90 Å². The molecule has 2 aromatic rings. The Morgan fingerprint density at radius 2 is 2.11 bits per heavy atom. The number of aromatic nitrogens is 2. The van der Waals surface area contributed by atoms with Crippen LogP contribution in [0.1, 0.15) is 27.4 Å². The molecule has 5 nitrogen and oxygen atoms in total. The van der Waals surface area contributed by atoms with Crippen molar-refractivity contribution in [1.29, 1.82) is 0 Å². The number of carbonyl (C=O) groups is 1. The van der Waals surface area contributed by atoms with Gasteiger partial charge in [0.05, 0.1) is 17.8 Å². The number of nitrogens with zero attached hydrogens (tertiary/aromatic N) is 2. The standard InChI is InChI=1S/C14H15N3O2/c1-9-3-4-12(14(18)19)13(7-9)16-8-11-5-6-15-10(2)17-11/h3-7,16H,8H2,1-2H3,(H,18,19). The maximum atomic E-state index is 11.1. The number of aromatic carboxylic acids is 1. The summed E-state index contributed by atoms with van der Waals surface area (Å²) in [4.78, 5) is 19.4. The fraction of sp³-hybridized carbons (Fsp3) is 0.214. The largest absolute Gasteiger partial charge is 0.478 e. The molecule has 1 aromatic heterocycles. The van der Waals surface area contributed by atoms with Crippen LogP contribution in [0.15, 0.2) is 30.5 Å². The second kappa shape index (κ2) is 5.48. The van der Waals surface area contributed by atoms with E-state index in [0.29, 0.717) is 18.1 Å². The van der Waals surface area contributed by atoms with E-state index in [9.17, 15) is 4.79 Å². The molecule has 2 rings (SSSR count). The highest BCUT2D eigenvalue weighted by molar-refractivity contribution is 5.94. The van der Waals surface area contributed by atoms with Crippen molar-refractivity contribution in [2.75, 3.05) is 5.32 Å². The molecule has 19 heavy (non-hydrogen) atoms. The van der Waals surface area contributed by atoms with Crippen molar-refractivity contribution in [2.24, 2.45) is 0 Å². The van der Waals surface area contributed by atoms with Crippen LogP contribution >= 0.6 is 0 Å². The number of benzene rings is 1. The van der Waals surface area contributed by atoms with E-state index in [1.54, 1.807) is 24.4 Å². The van der Waals surface area contributed by atoms with Crippen molar-refractivity contribution in [2.45, 2.75) is 20.4 Å². The highest BCUT2D eigenvalue weighted by atomic mass is 16.4. The molecule has 0 spiro atoms. The van der Waals surface area contributed by atoms with Gasteiger partial charge in [0.15, 0.2) is 0 Å². The molecule has 0 unspecified atom stereocenters. The fourth-order valence-electron chi connectivity index (χ4n) is 1.78. The van der Waals surface area contributed by atoms with Gasteiger partial charge >= 0.3 is 5.97 Å². The van der Waals surface area contributed by atoms with E-state index in [2.05, 4.69) is 15.3 Å². The number of nitrogens with one attached hydrogen (secondary N) is 1. The first-order chi connectivity index (χ1) is 9.06. The molecule has 0 aliphatic rings. The topological polar surface area (TPSA) is 75.1 Å². The minimum absolute atomic E-state index is 0.261. The number of rotatable bonds is 4. The van der Waals surface area contributed by atoms with Gasteiger partial charge in [-0.2, -0.15) is 0 Å². The van der Waals surface area contributed by atoms with E-state index in [-0.39, 0.29) is 5.56 Å². The van der Waals surface area contributed by atoms with Crippen LogP contribution in [0, 0.1) is 13.8 Å². The van der Waals surface area contributed by atoms with E-state index in [0.717, 1.165) is 11.3 Å². The van der Waals surface area contributed by atoms with Crippen LogP contribution in [-0.4, -0.2) is 21.0 Å². The zero-order chi connectivity index (χ0) is 13.8. The first-order valence-corrected chi connectivity index (χ1v) is 5.92. The summed E-state index contributed by atoms with van der Waals surface area (Å²) in [5.74, 6) is -0.247. The van der Waals surface area contributed by atoms with Crippen LogP contribution in [0.4, 0.5) is 5.69 Å². The van der Waals surface area contributed by atoms with Gasteiger partial charge in [0, 0.05) is 11.9 Å². The molecule has 1 heterocycles. The predicted octanol–water partition coefficient (Wildman–Crippen LogP) is 2.40. The van der Waals surface area contributed by atoms with Gasteiger partial charge in [-0.05, 0) is 37.6 Å². The van der Waals surface area contributed by atoms with Crippen molar-refractivity contribution >= 4 is 11.7 Å². The summed E-state index contributed by atoms with van der Waals surface area (Å²) in [6.07, 6.45) is 1.69. The molecule has 1 aromatic carbocycles. The van der Waals surface area contributed by atoms with Gasteiger partial charge in [-0.3, -0.25) is 0 Å². The van der Waals surface area contributed by atoms with E-state index in [1.165, 1.54) is 0 Å². The summed E-state index contributed by atoms with van der Waals surface area (Å²) >= 11 is 0. The molecule has 0 saturated carbocycles. The summed E-state index contributed by atoms with van der Waals surface area (Å²) in [6.45, 7) is 4.21. The smallest absolute Gasteiger partial charge is 0.337 e. The Kier molecular flexibility index (Phi) is 3.75. The third kappa shape index (κ3) is 3.28. The molecule has 2 N–H and O–H groups in total. The average Bonchev–Trinajstić information content (AvgIpc) is 2.36. The molecule has 0 amide bonds. The molecule has 0 aliphatic carbocycles. The number of carboxylic acids is 1. The Hall–Kier alpha value is -2.43. The molecule has 0 atom stereocenters. The van der Waals surface area contributed by atoms with Crippen LogP contribution in [0.5, 0.6) is 0 Å². The second-order valence-corrected chi connectivity index (χ2v) is 4.30. The van der Waals surface area contributed by atoms with Gasteiger partial charge in [0.1, 0.15) is 5.82 Å². The Balaban J connectivity index is 2.19. The number of carboxylic acid groups (broad SMARTS) is 1. The number of anilines is 1. The lowest BCUT2D eigenvalue weighted by Gasteiger charge is -2.10. The average molecular weight is 257 g/mol. The molecule has 0 aliphatic heterocycles. The molecular weight excluding hydrogens is 242 g/mol. The normalized spacial score (nSPS) is 10.2. The third-order valence-corrected chi connectivity index (χ3v) is 2.70. The van der Waals surface area contributed by atoms with E-state index < -0.39 is 5.97 Å². The minimum Gasteiger partial charge on any atom is -0.478 e. The molecule has 0 radical (unpaired) electrons. The number of hydrogen-bond acceptors (Lipinski definition) is 4.